The first kappa shape index (κ1) is 12.1. The summed E-state index contributed by atoms with van der Waals surface area (Å²) < 4.78 is 18.0. The van der Waals surface area contributed by atoms with Gasteiger partial charge in [0, 0.05) is 25.1 Å². The first-order chi connectivity index (χ1) is 7.54. The number of hydrogen-bond acceptors (Lipinski definition) is 4. The van der Waals surface area contributed by atoms with Gasteiger partial charge < -0.3 is 21.5 Å². The zero-order valence-electron chi connectivity index (χ0n) is 8.92. The third kappa shape index (κ3) is 3.01. The van der Waals surface area contributed by atoms with Crippen molar-refractivity contribution in [2.45, 2.75) is 6.42 Å². The highest BCUT2D eigenvalue weighted by Gasteiger charge is 2.08. The molecule has 0 radical (unpaired) electrons. The number of halogens is 1. The Morgan fingerprint density at radius 3 is 2.81 bits per heavy atom. The van der Waals surface area contributed by atoms with E-state index in [1.807, 2.05) is 0 Å². The molecule has 5 nitrogen and oxygen atoms in total. The molecular weight excluding hydrogens is 213 g/mol. The molecule has 16 heavy (non-hydrogen) atoms. The smallest absolute Gasteiger partial charge is 0.219 e. The average molecular weight is 227 g/mol. The number of carbonyl (C=O) groups is 1. The molecule has 0 saturated heterocycles. The van der Waals surface area contributed by atoms with Crippen LogP contribution >= 0.6 is 0 Å². The standard InChI is InChI=1S/C10H14FN3O2/c1-16-9-5-8(7(12)4-6(9)11)14-3-2-10(13)15/h4-5,14H,2-3,12H2,1H3,(H2,13,15). The molecule has 0 unspecified atom stereocenters. The molecule has 0 atom stereocenters. The summed E-state index contributed by atoms with van der Waals surface area (Å²) in [6, 6.07) is 2.59. The van der Waals surface area contributed by atoms with E-state index in [9.17, 15) is 9.18 Å². The molecule has 1 aromatic carbocycles. The summed E-state index contributed by atoms with van der Waals surface area (Å²) in [5.74, 6) is -0.851. The van der Waals surface area contributed by atoms with Gasteiger partial charge in [-0.05, 0) is 0 Å². The number of carbonyl (C=O) groups excluding carboxylic acids is 1. The Balaban J connectivity index is 2.75. The summed E-state index contributed by atoms with van der Waals surface area (Å²) in [6.45, 7) is 0.342. The molecule has 0 saturated carbocycles. The topological polar surface area (TPSA) is 90.4 Å². The van der Waals surface area contributed by atoms with Gasteiger partial charge in [-0.25, -0.2) is 4.39 Å². The Hall–Kier alpha value is -1.98. The molecule has 0 heterocycles. The number of ether oxygens (including phenoxy) is 1. The van der Waals surface area contributed by atoms with E-state index in [0.717, 1.165) is 6.07 Å². The van der Waals surface area contributed by atoms with Crippen molar-refractivity contribution in [2.75, 3.05) is 24.7 Å². The van der Waals surface area contributed by atoms with E-state index < -0.39 is 11.7 Å². The Morgan fingerprint density at radius 2 is 2.25 bits per heavy atom. The van der Waals surface area contributed by atoms with Crippen LogP contribution in [0.4, 0.5) is 15.8 Å². The van der Waals surface area contributed by atoms with Gasteiger partial charge in [0.25, 0.3) is 0 Å². The summed E-state index contributed by atoms with van der Waals surface area (Å²) >= 11 is 0. The fourth-order valence-electron chi connectivity index (χ4n) is 1.20. The number of nitrogens with one attached hydrogen (secondary N) is 1. The molecule has 0 aromatic heterocycles. The van der Waals surface area contributed by atoms with Gasteiger partial charge in [0.15, 0.2) is 11.6 Å². The number of rotatable bonds is 5. The van der Waals surface area contributed by atoms with Crippen LogP contribution in [0.2, 0.25) is 0 Å². The first-order valence-corrected chi connectivity index (χ1v) is 4.69. The lowest BCUT2D eigenvalue weighted by atomic mass is 10.2. The van der Waals surface area contributed by atoms with Crippen LogP contribution < -0.4 is 21.5 Å². The molecule has 1 amide bonds. The maximum atomic E-state index is 13.2. The van der Waals surface area contributed by atoms with Crippen LogP contribution in [-0.4, -0.2) is 19.6 Å². The summed E-state index contributed by atoms with van der Waals surface area (Å²) in [6.07, 6.45) is 0.180. The SMILES string of the molecule is COc1cc(NCCC(N)=O)c(N)cc1F. The highest BCUT2D eigenvalue weighted by Crippen LogP contribution is 2.27. The van der Waals surface area contributed by atoms with Crippen LogP contribution in [0.1, 0.15) is 6.42 Å². The molecule has 1 aromatic rings. The number of anilines is 2. The number of amides is 1. The number of methoxy groups -OCH3 is 1. The number of nitrogens with two attached hydrogens (primary N) is 2. The lowest BCUT2D eigenvalue weighted by Gasteiger charge is -2.11. The number of primary amides is 1. The van der Waals surface area contributed by atoms with E-state index in [2.05, 4.69) is 5.32 Å². The molecule has 88 valence electrons. The number of hydrogen-bond donors (Lipinski definition) is 3. The van der Waals surface area contributed by atoms with Gasteiger partial charge in [0.2, 0.25) is 5.91 Å². The zero-order valence-corrected chi connectivity index (χ0v) is 8.92. The Morgan fingerprint density at radius 1 is 1.56 bits per heavy atom. The van der Waals surface area contributed by atoms with Gasteiger partial charge in [-0.3, -0.25) is 4.79 Å². The van der Waals surface area contributed by atoms with E-state index in [1.54, 1.807) is 0 Å². The molecule has 1 rings (SSSR count). The van der Waals surface area contributed by atoms with E-state index in [1.165, 1.54) is 13.2 Å². The van der Waals surface area contributed by atoms with Crippen molar-refractivity contribution in [3.8, 4) is 5.75 Å². The molecule has 6 heteroatoms. The summed E-state index contributed by atoms with van der Waals surface area (Å²) in [7, 11) is 1.36. The Labute approximate surface area is 92.6 Å². The summed E-state index contributed by atoms with van der Waals surface area (Å²) in [4.78, 5) is 10.5. The molecule has 0 aliphatic heterocycles. The van der Waals surface area contributed by atoms with E-state index in [0.29, 0.717) is 12.2 Å². The van der Waals surface area contributed by atoms with Crippen LogP contribution in [0.15, 0.2) is 12.1 Å². The third-order valence-electron chi connectivity index (χ3n) is 2.01. The van der Waals surface area contributed by atoms with Gasteiger partial charge in [-0.15, -0.1) is 0 Å². The van der Waals surface area contributed by atoms with Crippen molar-refractivity contribution in [2.24, 2.45) is 5.73 Å². The number of nitrogen functional groups attached to an aromatic ring is 1. The van der Waals surface area contributed by atoms with Crippen molar-refractivity contribution in [1.29, 1.82) is 0 Å². The average Bonchev–Trinajstić information content (AvgIpc) is 2.20. The second kappa shape index (κ2) is 5.20. The van der Waals surface area contributed by atoms with E-state index in [-0.39, 0.29) is 17.9 Å². The molecule has 0 bridgehead atoms. The van der Waals surface area contributed by atoms with Crippen molar-refractivity contribution in [3.63, 3.8) is 0 Å². The summed E-state index contributed by atoms with van der Waals surface area (Å²) in [5, 5.41) is 2.87. The van der Waals surface area contributed by atoms with Gasteiger partial charge in [-0.2, -0.15) is 0 Å². The van der Waals surface area contributed by atoms with Crippen molar-refractivity contribution >= 4 is 17.3 Å². The van der Waals surface area contributed by atoms with Crippen LogP contribution in [0.3, 0.4) is 0 Å². The highest BCUT2D eigenvalue weighted by molar-refractivity contribution is 5.75. The van der Waals surface area contributed by atoms with E-state index in [4.69, 9.17) is 16.2 Å². The maximum absolute atomic E-state index is 13.2. The summed E-state index contributed by atoms with van der Waals surface area (Å²) in [5.41, 5.74) is 11.3. The maximum Gasteiger partial charge on any atom is 0.219 e. The van der Waals surface area contributed by atoms with Gasteiger partial charge in [-0.1, -0.05) is 0 Å². The highest BCUT2D eigenvalue weighted by atomic mass is 19.1. The number of benzene rings is 1. The van der Waals surface area contributed by atoms with Crippen LogP contribution in [0, 0.1) is 5.82 Å². The lowest BCUT2D eigenvalue weighted by Crippen LogP contribution is -2.16. The van der Waals surface area contributed by atoms with Gasteiger partial charge in [0.1, 0.15) is 0 Å². The molecule has 0 fully saturated rings. The van der Waals surface area contributed by atoms with Crippen LogP contribution in [0.5, 0.6) is 5.75 Å². The molecular formula is C10H14FN3O2. The first-order valence-electron chi connectivity index (χ1n) is 4.69. The molecule has 0 aliphatic carbocycles. The monoisotopic (exact) mass is 227 g/mol. The Kier molecular flexibility index (Phi) is 3.93. The second-order valence-corrected chi connectivity index (χ2v) is 3.22. The van der Waals surface area contributed by atoms with E-state index >= 15 is 0 Å². The van der Waals surface area contributed by atoms with Crippen molar-refractivity contribution in [3.05, 3.63) is 17.9 Å². The third-order valence-corrected chi connectivity index (χ3v) is 2.01. The minimum absolute atomic E-state index is 0.0933. The minimum Gasteiger partial charge on any atom is -0.494 e. The van der Waals surface area contributed by atoms with Gasteiger partial charge >= 0.3 is 0 Å². The lowest BCUT2D eigenvalue weighted by molar-refractivity contribution is -0.117. The molecule has 0 aliphatic rings. The molecule has 0 spiro atoms. The predicted molar refractivity (Wildman–Crippen MR) is 59.7 cm³/mol. The zero-order chi connectivity index (χ0) is 12.1. The predicted octanol–water partition coefficient (Wildman–Crippen LogP) is 0.704. The van der Waals surface area contributed by atoms with Gasteiger partial charge in [0.05, 0.1) is 18.5 Å². The molecule has 5 N–H and O–H groups in total. The fourth-order valence-corrected chi connectivity index (χ4v) is 1.20. The van der Waals surface area contributed by atoms with Crippen molar-refractivity contribution in [1.82, 2.24) is 0 Å². The minimum atomic E-state index is -0.527. The Bertz CT molecular complexity index is 396. The fraction of sp³-hybridized carbons (Fsp3) is 0.300. The van der Waals surface area contributed by atoms with Crippen LogP contribution in [-0.2, 0) is 4.79 Å². The quantitative estimate of drug-likeness (QED) is 0.646. The van der Waals surface area contributed by atoms with Crippen molar-refractivity contribution < 1.29 is 13.9 Å². The van der Waals surface area contributed by atoms with Crippen LogP contribution in [0.25, 0.3) is 0 Å². The largest absolute Gasteiger partial charge is 0.494 e. The normalized spacial score (nSPS) is 9.88. The second-order valence-electron chi connectivity index (χ2n) is 3.22.